The average molecular weight is 417 g/mol. The van der Waals surface area contributed by atoms with Gasteiger partial charge in [-0.25, -0.2) is 14.0 Å². The van der Waals surface area contributed by atoms with Gasteiger partial charge in [0.05, 0.1) is 24.2 Å². The third-order valence-corrected chi connectivity index (χ3v) is 4.46. The van der Waals surface area contributed by atoms with Crippen LogP contribution in [-0.2, 0) is 15.5 Å². The Morgan fingerprint density at radius 3 is 2.55 bits per heavy atom. The number of hydrogen-bond acceptors (Lipinski definition) is 5. The smallest absolute Gasteiger partial charge is 0.308 e. The third-order valence-electron chi connectivity index (χ3n) is 3.94. The van der Waals surface area contributed by atoms with Gasteiger partial charge in [-0.15, -0.1) is 5.10 Å². The van der Waals surface area contributed by atoms with Crippen LogP contribution in [0.5, 0.6) is 0 Å². The molecule has 1 aromatic heterocycles. The first-order valence-electron chi connectivity index (χ1n) is 8.65. The first-order chi connectivity index (χ1) is 13.8. The van der Waals surface area contributed by atoms with Crippen molar-refractivity contribution >= 4 is 25.2 Å². The van der Waals surface area contributed by atoms with Crippen LogP contribution in [0.2, 0.25) is 0 Å². The Balaban J connectivity index is 1.57. The highest BCUT2D eigenvalue weighted by atomic mass is 31.2. The number of aromatic nitrogens is 3. The molecule has 0 spiro atoms. The molecule has 0 aliphatic carbocycles. The van der Waals surface area contributed by atoms with E-state index in [1.165, 1.54) is 4.68 Å². The average Bonchev–Trinajstić information content (AvgIpc) is 3.12. The van der Waals surface area contributed by atoms with E-state index in [4.69, 9.17) is 9.79 Å². The Bertz CT molecular complexity index is 1030. The summed E-state index contributed by atoms with van der Waals surface area (Å²) in [5.74, 6) is 0. The van der Waals surface area contributed by atoms with Gasteiger partial charge in [-0.05, 0) is 42.8 Å². The molecule has 3 aromatic rings. The number of nitrogens with one attached hydrogen (secondary N) is 2. The van der Waals surface area contributed by atoms with Crippen LogP contribution in [0.3, 0.4) is 0 Å². The lowest BCUT2D eigenvalue weighted by Gasteiger charge is -2.10. The summed E-state index contributed by atoms with van der Waals surface area (Å²) >= 11 is 0. The standard InChI is InChI=1S/C18H20N5O5P/c1-13-4-2-3-5-17(13)20-18(24)19-14-6-8-16(9-7-14)23-12-15(21-22-23)10-11-28-29(25,26)27/h2-9,12H,10-11H2,1H3,(H2,19,20,24)(H2,25,26,27). The highest BCUT2D eigenvalue weighted by molar-refractivity contribution is 7.46. The first-order valence-corrected chi connectivity index (χ1v) is 10.2. The topological polar surface area (TPSA) is 139 Å². The quantitative estimate of drug-likeness (QED) is 0.434. The molecule has 2 aromatic carbocycles. The number of hydrogen-bond donors (Lipinski definition) is 4. The molecule has 3 rings (SSSR count). The van der Waals surface area contributed by atoms with Gasteiger partial charge in [0.2, 0.25) is 0 Å². The van der Waals surface area contributed by atoms with Crippen molar-refractivity contribution in [2.45, 2.75) is 13.3 Å². The van der Waals surface area contributed by atoms with Gasteiger partial charge in [0.15, 0.2) is 0 Å². The molecule has 0 unspecified atom stereocenters. The van der Waals surface area contributed by atoms with Gasteiger partial charge in [0.25, 0.3) is 0 Å². The lowest BCUT2D eigenvalue weighted by Crippen LogP contribution is -2.19. The predicted molar refractivity (Wildman–Crippen MR) is 107 cm³/mol. The molecule has 0 saturated carbocycles. The fourth-order valence-corrected chi connectivity index (χ4v) is 2.83. The number of carbonyl (C=O) groups excluding carboxylic acids is 1. The zero-order valence-electron chi connectivity index (χ0n) is 15.5. The van der Waals surface area contributed by atoms with Crippen LogP contribution in [0, 0.1) is 6.92 Å². The molecule has 0 radical (unpaired) electrons. The van der Waals surface area contributed by atoms with Crippen LogP contribution in [0.25, 0.3) is 5.69 Å². The summed E-state index contributed by atoms with van der Waals surface area (Å²) in [6.45, 7) is 1.75. The van der Waals surface area contributed by atoms with Crippen molar-refractivity contribution < 1.29 is 23.7 Å². The number of phosphoric ester groups is 1. The molecule has 29 heavy (non-hydrogen) atoms. The maximum Gasteiger partial charge on any atom is 0.469 e. The number of urea groups is 1. The van der Waals surface area contributed by atoms with Crippen molar-refractivity contribution in [3.8, 4) is 5.69 Å². The molecule has 4 N–H and O–H groups in total. The summed E-state index contributed by atoms with van der Waals surface area (Å²) in [7, 11) is -4.49. The largest absolute Gasteiger partial charge is 0.469 e. The number of benzene rings is 2. The molecule has 0 saturated heterocycles. The fraction of sp³-hybridized carbons (Fsp3) is 0.167. The lowest BCUT2D eigenvalue weighted by atomic mass is 10.2. The number of para-hydroxylation sites is 1. The van der Waals surface area contributed by atoms with Crippen LogP contribution in [0.1, 0.15) is 11.3 Å². The van der Waals surface area contributed by atoms with E-state index in [0.29, 0.717) is 17.1 Å². The summed E-state index contributed by atoms with van der Waals surface area (Å²) in [5.41, 5.74) is 3.55. The fourth-order valence-electron chi connectivity index (χ4n) is 2.50. The van der Waals surface area contributed by atoms with Gasteiger partial charge in [-0.3, -0.25) is 4.52 Å². The molecular weight excluding hydrogens is 397 g/mol. The zero-order valence-corrected chi connectivity index (χ0v) is 16.4. The Labute approximate surface area is 166 Å². The normalized spacial score (nSPS) is 11.3. The van der Waals surface area contributed by atoms with Gasteiger partial charge in [0.1, 0.15) is 0 Å². The van der Waals surface area contributed by atoms with Crippen LogP contribution in [-0.4, -0.2) is 37.4 Å². The Kier molecular flexibility index (Phi) is 6.40. The minimum atomic E-state index is -4.49. The number of phosphoric acid groups is 1. The molecule has 0 atom stereocenters. The predicted octanol–water partition coefficient (Wildman–Crippen LogP) is 2.87. The molecule has 0 bridgehead atoms. The Morgan fingerprint density at radius 1 is 1.14 bits per heavy atom. The first kappa shape index (κ1) is 20.7. The Morgan fingerprint density at radius 2 is 1.86 bits per heavy atom. The van der Waals surface area contributed by atoms with E-state index in [9.17, 15) is 9.36 Å². The van der Waals surface area contributed by atoms with Crippen LogP contribution in [0.4, 0.5) is 16.2 Å². The molecule has 152 valence electrons. The summed E-state index contributed by atoms with van der Waals surface area (Å²) in [6, 6.07) is 14.1. The van der Waals surface area contributed by atoms with Crippen molar-refractivity contribution in [1.82, 2.24) is 15.0 Å². The minimum absolute atomic E-state index is 0.165. The molecule has 1 heterocycles. The maximum absolute atomic E-state index is 12.1. The van der Waals surface area contributed by atoms with Crippen molar-refractivity contribution in [2.75, 3.05) is 17.2 Å². The van der Waals surface area contributed by atoms with E-state index in [2.05, 4.69) is 25.5 Å². The van der Waals surface area contributed by atoms with E-state index in [1.807, 2.05) is 31.2 Å². The number of carbonyl (C=O) groups is 1. The number of amides is 2. The molecular formula is C18H20N5O5P. The van der Waals surface area contributed by atoms with Crippen LogP contribution < -0.4 is 10.6 Å². The SMILES string of the molecule is Cc1ccccc1NC(=O)Nc1ccc(-n2cc(CCOP(=O)(O)O)nn2)cc1. The molecule has 0 fully saturated rings. The van der Waals surface area contributed by atoms with E-state index in [1.54, 1.807) is 30.5 Å². The summed E-state index contributed by atoms with van der Waals surface area (Å²) in [4.78, 5) is 29.5. The Hall–Kier alpha value is -3.04. The number of aryl methyl sites for hydroxylation is 1. The second kappa shape index (κ2) is 8.97. The second-order valence-corrected chi connectivity index (χ2v) is 7.41. The highest BCUT2D eigenvalue weighted by Gasteiger charge is 2.14. The maximum atomic E-state index is 12.1. The number of rotatable bonds is 7. The zero-order chi connectivity index (χ0) is 20.9. The van der Waals surface area contributed by atoms with Gasteiger partial charge >= 0.3 is 13.9 Å². The van der Waals surface area contributed by atoms with Gasteiger partial charge < -0.3 is 20.4 Å². The van der Waals surface area contributed by atoms with Crippen LogP contribution >= 0.6 is 7.82 Å². The molecule has 0 aliphatic heterocycles. The molecule has 10 nitrogen and oxygen atoms in total. The third kappa shape index (κ3) is 6.23. The molecule has 11 heteroatoms. The van der Waals surface area contributed by atoms with E-state index in [0.717, 1.165) is 11.3 Å². The van der Waals surface area contributed by atoms with E-state index >= 15 is 0 Å². The van der Waals surface area contributed by atoms with E-state index < -0.39 is 7.82 Å². The molecule has 0 aliphatic rings. The van der Waals surface area contributed by atoms with Gasteiger partial charge in [-0.1, -0.05) is 23.4 Å². The van der Waals surface area contributed by atoms with Crippen molar-refractivity contribution in [3.63, 3.8) is 0 Å². The van der Waals surface area contributed by atoms with Crippen molar-refractivity contribution in [1.29, 1.82) is 0 Å². The van der Waals surface area contributed by atoms with Crippen LogP contribution in [0.15, 0.2) is 54.7 Å². The lowest BCUT2D eigenvalue weighted by molar-refractivity contribution is 0.199. The minimum Gasteiger partial charge on any atom is -0.308 e. The summed E-state index contributed by atoms with van der Waals surface area (Å²) in [5, 5.41) is 13.5. The van der Waals surface area contributed by atoms with Gasteiger partial charge in [0, 0.05) is 17.8 Å². The van der Waals surface area contributed by atoms with Crippen molar-refractivity contribution in [3.05, 3.63) is 66.0 Å². The van der Waals surface area contributed by atoms with Crippen molar-refractivity contribution in [2.24, 2.45) is 0 Å². The van der Waals surface area contributed by atoms with Gasteiger partial charge in [-0.2, -0.15) is 0 Å². The molecule has 2 amide bonds. The number of anilines is 2. The number of nitrogens with zero attached hydrogens (tertiary/aromatic N) is 3. The van der Waals surface area contributed by atoms with E-state index in [-0.39, 0.29) is 19.1 Å². The summed E-state index contributed by atoms with van der Waals surface area (Å²) in [6.07, 6.45) is 1.85. The monoisotopic (exact) mass is 417 g/mol. The summed E-state index contributed by atoms with van der Waals surface area (Å²) < 4.78 is 16.6. The highest BCUT2D eigenvalue weighted by Crippen LogP contribution is 2.35. The second-order valence-electron chi connectivity index (χ2n) is 6.17.